The molecule has 0 radical (unpaired) electrons. The van der Waals surface area contributed by atoms with Gasteiger partial charge in [-0.15, -0.1) is 0 Å². The predicted molar refractivity (Wildman–Crippen MR) is 146 cm³/mol. The Morgan fingerprint density at radius 3 is 2.42 bits per heavy atom. The fourth-order valence-electron chi connectivity index (χ4n) is 6.09. The van der Waals surface area contributed by atoms with Crippen LogP contribution in [0.2, 0.25) is 0 Å². The summed E-state index contributed by atoms with van der Waals surface area (Å²) in [4.78, 5) is 0. The number of benzene rings is 3. The van der Waals surface area contributed by atoms with Crippen LogP contribution in [-0.4, -0.2) is 0 Å². The van der Waals surface area contributed by atoms with Crippen LogP contribution in [0.3, 0.4) is 0 Å². The number of aromatic nitrogens is 1. The first-order valence-electron chi connectivity index (χ1n) is 15.0. The molecule has 3 aromatic carbocycles. The zero-order chi connectivity index (χ0) is 29.3. The molecular formula is C33H31N2O+. The summed E-state index contributed by atoms with van der Waals surface area (Å²) >= 11 is 0. The van der Waals surface area contributed by atoms with Gasteiger partial charge < -0.3 is 4.42 Å². The molecule has 1 fully saturated rings. The van der Waals surface area contributed by atoms with Crippen molar-refractivity contribution in [2.75, 3.05) is 0 Å². The minimum Gasteiger partial charge on any atom is -0.454 e. The van der Waals surface area contributed by atoms with Crippen molar-refractivity contribution in [3.8, 4) is 28.5 Å². The molecule has 0 N–H and O–H groups in total. The Morgan fingerprint density at radius 1 is 0.944 bits per heavy atom. The highest BCUT2D eigenvalue weighted by atomic mass is 16.3. The molecule has 2 heterocycles. The molecule has 0 amide bonds. The molecule has 1 aliphatic rings. The Bertz CT molecular complexity index is 1930. The number of pyridine rings is 1. The lowest BCUT2D eigenvalue weighted by Crippen LogP contribution is -2.32. The average molecular weight is 477 g/mol. The zero-order valence-electron chi connectivity index (χ0n) is 26.1. The van der Waals surface area contributed by atoms with E-state index in [-0.39, 0.29) is 17.6 Å². The first-order chi connectivity index (χ1) is 19.5. The maximum atomic E-state index is 9.93. The van der Waals surface area contributed by atoms with Crippen LogP contribution in [-0.2, 0) is 7.05 Å². The van der Waals surface area contributed by atoms with Gasteiger partial charge in [-0.2, -0.15) is 5.26 Å². The lowest BCUT2D eigenvalue weighted by Gasteiger charge is -2.15. The van der Waals surface area contributed by atoms with Crippen LogP contribution >= 0.6 is 0 Å². The van der Waals surface area contributed by atoms with E-state index in [0.29, 0.717) is 33.6 Å². The third-order valence-electron chi connectivity index (χ3n) is 7.70. The monoisotopic (exact) mass is 476 g/mol. The fraction of sp³-hybridized carbons (Fsp3) is 0.273. The second-order valence-electron chi connectivity index (χ2n) is 10.1. The molecule has 0 unspecified atom stereocenters. The lowest BCUT2D eigenvalue weighted by molar-refractivity contribution is -0.660. The number of fused-ring (bicyclic) bond motifs is 3. The van der Waals surface area contributed by atoms with Gasteiger partial charge in [0.15, 0.2) is 6.20 Å². The Kier molecular flexibility index (Phi) is 4.21. The highest BCUT2D eigenvalue weighted by Crippen LogP contribution is 2.44. The summed E-state index contributed by atoms with van der Waals surface area (Å²) in [6.45, 7) is 6.25. The first kappa shape index (κ1) is 17.5. The van der Waals surface area contributed by atoms with E-state index in [9.17, 15) is 5.26 Å². The van der Waals surface area contributed by atoms with Gasteiger partial charge in [0, 0.05) is 28.0 Å². The van der Waals surface area contributed by atoms with E-state index in [4.69, 9.17) is 11.3 Å². The van der Waals surface area contributed by atoms with Crippen LogP contribution in [0.1, 0.15) is 66.3 Å². The Hall–Kier alpha value is -3.90. The maximum Gasteiger partial charge on any atom is 0.216 e. The van der Waals surface area contributed by atoms with Crippen molar-refractivity contribution < 1.29 is 15.8 Å². The van der Waals surface area contributed by atoms with Crippen LogP contribution in [0, 0.1) is 32.1 Å². The van der Waals surface area contributed by atoms with Gasteiger partial charge in [0.1, 0.15) is 18.2 Å². The van der Waals surface area contributed by atoms with Crippen LogP contribution < -0.4 is 4.57 Å². The third-order valence-corrected chi connectivity index (χ3v) is 7.70. The summed E-state index contributed by atoms with van der Waals surface area (Å²) in [5, 5.41) is 11.5. The number of nitrogens with zero attached hydrogens (tertiary/aromatic N) is 2. The predicted octanol–water partition coefficient (Wildman–Crippen LogP) is 8.20. The molecule has 1 aliphatic carbocycles. The van der Waals surface area contributed by atoms with Gasteiger partial charge in [0.2, 0.25) is 5.69 Å². The second kappa shape index (κ2) is 8.64. The maximum absolute atomic E-state index is 9.93. The van der Waals surface area contributed by atoms with Crippen molar-refractivity contribution in [2.45, 2.75) is 52.4 Å². The van der Waals surface area contributed by atoms with Crippen LogP contribution in [0.15, 0.2) is 65.1 Å². The summed E-state index contributed by atoms with van der Waals surface area (Å²) < 4.78 is 50.6. The van der Waals surface area contributed by atoms with E-state index in [1.165, 1.54) is 36.8 Å². The van der Waals surface area contributed by atoms with Crippen molar-refractivity contribution in [3.63, 3.8) is 0 Å². The van der Waals surface area contributed by atoms with Gasteiger partial charge in [-0.3, -0.25) is 0 Å². The van der Waals surface area contributed by atoms with Crippen molar-refractivity contribution in [1.82, 2.24) is 0 Å². The highest BCUT2D eigenvalue weighted by Gasteiger charge is 2.27. The molecule has 0 aliphatic heterocycles. The number of hydrogen-bond donors (Lipinski definition) is 0. The molecule has 178 valence electrons. The van der Waals surface area contributed by atoms with E-state index < -0.39 is 18.1 Å². The minimum atomic E-state index is -0.459. The molecule has 3 nitrogen and oxygen atoms in total. The summed E-state index contributed by atoms with van der Waals surface area (Å²) in [5.41, 5.74) is 8.39. The van der Waals surface area contributed by atoms with Gasteiger partial charge in [0.25, 0.3) is 0 Å². The molecule has 0 saturated heterocycles. The van der Waals surface area contributed by atoms with E-state index >= 15 is 0 Å². The number of nitriles is 1. The topological polar surface area (TPSA) is 40.8 Å². The largest absolute Gasteiger partial charge is 0.454 e. The van der Waals surface area contributed by atoms with Crippen LogP contribution in [0.4, 0.5) is 0 Å². The van der Waals surface area contributed by atoms with Gasteiger partial charge >= 0.3 is 0 Å². The molecule has 36 heavy (non-hydrogen) atoms. The second-order valence-corrected chi connectivity index (χ2v) is 10.1. The fourth-order valence-corrected chi connectivity index (χ4v) is 6.09. The van der Waals surface area contributed by atoms with E-state index in [1.54, 1.807) is 12.1 Å². The van der Waals surface area contributed by atoms with Crippen LogP contribution in [0.25, 0.3) is 44.3 Å². The average Bonchev–Trinajstić information content (AvgIpc) is 3.60. The summed E-state index contributed by atoms with van der Waals surface area (Å²) in [6.07, 6.45) is 7.07. The van der Waals surface area contributed by atoms with E-state index in [1.807, 2.05) is 14.0 Å². The molecule has 0 atom stereocenters. The lowest BCUT2D eigenvalue weighted by atomic mass is 9.90. The van der Waals surface area contributed by atoms with E-state index in [2.05, 4.69) is 42.8 Å². The molecule has 6 rings (SSSR count). The quantitative estimate of drug-likeness (QED) is 0.246. The number of hydrogen-bond acceptors (Lipinski definition) is 2. The minimum absolute atomic E-state index is 0.0255. The van der Waals surface area contributed by atoms with Gasteiger partial charge in [-0.05, 0) is 73.9 Å². The third kappa shape index (κ3) is 3.52. The number of rotatable bonds is 3. The van der Waals surface area contributed by atoms with Gasteiger partial charge in [0.05, 0.1) is 24.0 Å². The van der Waals surface area contributed by atoms with Crippen molar-refractivity contribution in [2.24, 2.45) is 7.05 Å². The summed E-state index contributed by atoms with van der Waals surface area (Å²) in [6, 6.07) is 7.99. The van der Waals surface area contributed by atoms with Crippen molar-refractivity contribution in [1.29, 1.82) is 5.26 Å². The normalized spacial score (nSPS) is 16.0. The van der Waals surface area contributed by atoms with Crippen LogP contribution in [0.5, 0.6) is 0 Å². The Labute approximate surface area is 219 Å². The molecular weight excluding hydrogens is 440 g/mol. The van der Waals surface area contributed by atoms with Gasteiger partial charge in [-0.1, -0.05) is 49.1 Å². The summed E-state index contributed by atoms with van der Waals surface area (Å²) in [5.74, 6) is 0.542. The van der Waals surface area contributed by atoms with Crippen molar-refractivity contribution >= 4 is 21.9 Å². The highest BCUT2D eigenvalue weighted by molar-refractivity contribution is 6.15. The van der Waals surface area contributed by atoms with E-state index in [0.717, 1.165) is 27.8 Å². The molecule has 0 spiro atoms. The summed E-state index contributed by atoms with van der Waals surface area (Å²) in [7, 11) is 2.04. The Morgan fingerprint density at radius 2 is 1.69 bits per heavy atom. The SMILES string of the molecule is [2H]c1c([2H])c([2H])c(-c2cc(C#N)cc3c2oc2c(-c4cc(C5CCCC5)c(C)c[n+]4C)c(C)cc(C)c23)c([2H])c1[2H]. The number of aryl methyl sites for hydroxylation is 4. The standard InChI is InChI=1S/C33H31N2O/c1-20-14-21(2)31(29-17-26(22(3)19-35(29)4)24-12-8-9-13-24)33-30(20)28-16-23(18-34)15-27(32(28)36-33)25-10-6-5-7-11-25/h5-7,10-11,14-17,19,24H,8-9,12-13H2,1-4H3/q+1/i5D,6D,7D,10D,11D. The molecule has 0 bridgehead atoms. The molecule has 3 heteroatoms. The zero-order valence-corrected chi connectivity index (χ0v) is 21.1. The molecule has 2 aromatic heterocycles. The Balaban J connectivity index is 1.73. The molecule has 5 aromatic rings. The van der Waals surface area contributed by atoms with Gasteiger partial charge in [-0.25, -0.2) is 4.57 Å². The number of furan rings is 1. The smallest absolute Gasteiger partial charge is 0.216 e. The first-order valence-corrected chi connectivity index (χ1v) is 12.5. The molecule has 1 saturated carbocycles. The van der Waals surface area contributed by atoms with Crippen molar-refractivity contribution in [3.05, 3.63) is 88.5 Å².